The number of rotatable bonds is 6. The number of hydrogen-bond acceptors (Lipinski definition) is 3. The summed E-state index contributed by atoms with van der Waals surface area (Å²) in [5, 5.41) is 0. The summed E-state index contributed by atoms with van der Waals surface area (Å²) >= 11 is 2.46. The molecule has 0 N–H and O–H groups in total. The molecule has 5 aromatic carbocycles. The molecule has 7 aromatic rings. The average Bonchev–Trinajstić information content (AvgIpc) is 3.45. The Hall–Kier alpha value is -4.99. The number of pyridine rings is 1. The van der Waals surface area contributed by atoms with Crippen molar-refractivity contribution < 1.29 is 24.1 Å². The molecule has 3 heterocycles. The van der Waals surface area contributed by atoms with E-state index in [0.29, 0.717) is 0 Å². The van der Waals surface area contributed by atoms with Gasteiger partial charge in [0.2, 0.25) is 0 Å². The summed E-state index contributed by atoms with van der Waals surface area (Å²) in [5.41, 5.74) is 11.9. The van der Waals surface area contributed by atoms with Gasteiger partial charge in [-0.15, -0.1) is 0 Å². The fourth-order valence-corrected chi connectivity index (χ4v) is 8.47. The second-order valence-corrected chi connectivity index (χ2v) is 17.1. The molecule has 5 nitrogen and oxygen atoms in total. The van der Waals surface area contributed by atoms with Gasteiger partial charge in [-0.05, 0) is 17.0 Å². The van der Waals surface area contributed by atoms with Crippen LogP contribution in [0.1, 0.15) is 64.7 Å². The predicted molar refractivity (Wildman–Crippen MR) is 215 cm³/mol. The Balaban J connectivity index is 1.22. The zero-order valence-electron chi connectivity index (χ0n) is 31.3. The van der Waals surface area contributed by atoms with E-state index in [2.05, 4.69) is 202 Å². The molecule has 8 rings (SSSR count). The summed E-state index contributed by atoms with van der Waals surface area (Å²) in [5.74, 6) is 2.59. The predicted octanol–water partition coefficient (Wildman–Crippen LogP) is 12.0. The van der Waals surface area contributed by atoms with E-state index in [-0.39, 0.29) is 10.8 Å². The molecular weight excluding hydrogens is 832 g/mol. The zero-order valence-corrected chi connectivity index (χ0v) is 33.6. The van der Waals surface area contributed by atoms with E-state index in [1.165, 1.54) is 16.7 Å². The number of para-hydroxylation sites is 2. The number of anilines is 2. The summed E-state index contributed by atoms with van der Waals surface area (Å²) in [6.07, 6.45) is 4.02. The van der Waals surface area contributed by atoms with Crippen molar-refractivity contribution in [1.29, 1.82) is 0 Å². The Kier molecular flexibility index (Phi) is 9.11. The van der Waals surface area contributed by atoms with Crippen molar-refractivity contribution in [3.63, 3.8) is 0 Å². The summed E-state index contributed by atoms with van der Waals surface area (Å²) < 4.78 is 12.7. The van der Waals surface area contributed by atoms with Crippen LogP contribution in [0.2, 0.25) is 0 Å². The molecule has 0 saturated heterocycles. The Labute approximate surface area is 324 Å². The van der Waals surface area contributed by atoms with E-state index in [1.807, 2.05) is 6.20 Å². The molecule has 0 amide bonds. The quantitative estimate of drug-likeness (QED) is 0.167. The molecule has 0 unspecified atom stereocenters. The van der Waals surface area contributed by atoms with E-state index in [0.717, 1.165) is 79.7 Å². The second-order valence-electron chi connectivity index (χ2n) is 16.0. The minimum absolute atomic E-state index is 0.0335. The van der Waals surface area contributed by atoms with Gasteiger partial charge in [-0.25, -0.2) is 0 Å². The summed E-state index contributed by atoms with van der Waals surface area (Å²) in [6.45, 7) is 14.4. The van der Waals surface area contributed by atoms with E-state index in [9.17, 15) is 0 Å². The van der Waals surface area contributed by atoms with E-state index >= 15 is 0 Å². The van der Waals surface area contributed by atoms with Crippen molar-refractivity contribution in [3.05, 3.63) is 154 Å². The van der Waals surface area contributed by atoms with Gasteiger partial charge in [0.05, 0.1) is 0 Å². The van der Waals surface area contributed by atoms with Crippen molar-refractivity contribution in [2.24, 2.45) is 0 Å². The summed E-state index contributed by atoms with van der Waals surface area (Å²) in [7, 11) is 0. The number of nitrogens with zero attached hydrogens (tertiary/aromatic N) is 4. The molecule has 6 heteroatoms. The third-order valence-electron chi connectivity index (χ3n) is 10.3. The molecule has 0 radical (unpaired) electrons. The number of aromatic nitrogens is 3. The molecule has 1 aliphatic rings. The van der Waals surface area contributed by atoms with Crippen LogP contribution in [0.25, 0.3) is 33.5 Å². The first-order valence-electron chi connectivity index (χ1n) is 18.5. The van der Waals surface area contributed by atoms with Crippen LogP contribution in [0.5, 0.6) is 11.5 Å². The van der Waals surface area contributed by atoms with Crippen LogP contribution in [-0.2, 0) is 36.6 Å². The van der Waals surface area contributed by atoms with E-state index in [4.69, 9.17) is 9.72 Å². The average molecular weight is 878 g/mol. The van der Waals surface area contributed by atoms with Gasteiger partial charge in [-0.3, -0.25) is 0 Å². The van der Waals surface area contributed by atoms with Crippen LogP contribution in [0.3, 0.4) is 0 Å². The first-order valence-corrected chi connectivity index (χ1v) is 19.6. The molecule has 0 bridgehead atoms. The first-order chi connectivity index (χ1) is 25.5. The molecule has 0 atom stereocenters. The molecule has 53 heavy (non-hydrogen) atoms. The van der Waals surface area contributed by atoms with Crippen LogP contribution in [-0.4, -0.2) is 20.7 Å². The van der Waals surface area contributed by atoms with Crippen LogP contribution < -0.4 is 9.64 Å². The minimum atomic E-state index is 0.0335. The Morgan fingerprint density at radius 1 is 0.642 bits per heavy atom. The van der Waals surface area contributed by atoms with E-state index in [1.54, 1.807) is 0 Å². The monoisotopic (exact) mass is 877 g/mol. The molecule has 270 valence electrons. The molecule has 0 saturated carbocycles. The third kappa shape index (κ3) is 6.84. The van der Waals surface area contributed by atoms with Crippen LogP contribution in [0.15, 0.2) is 134 Å². The van der Waals surface area contributed by atoms with Crippen molar-refractivity contribution >= 4 is 22.5 Å². The second kappa shape index (κ2) is 13.8. The molecule has 0 aliphatic carbocycles. The molecule has 0 fully saturated rings. The zero-order chi connectivity index (χ0) is 36.9. The summed E-state index contributed by atoms with van der Waals surface area (Å²) in [6, 6.07) is 45.6. The Bertz CT molecular complexity index is 2500. The molecule has 1 aliphatic heterocycles. The maximum absolute atomic E-state index is 6.97. The topological polar surface area (TPSA) is 35.2 Å². The first kappa shape index (κ1) is 35.1. The van der Waals surface area contributed by atoms with Gasteiger partial charge in [0.25, 0.3) is 0 Å². The van der Waals surface area contributed by atoms with E-state index < -0.39 is 0 Å². The SMILES string of the molecule is CC(C)(C)c1ccc(-n2[c](=[Pt])n(-c3cccc(Oc4cc5c(cc4-c4ccccc4)CCCN5c4cc(C(C)(C)C)ccn4)c3)c3ccccc32)cc1. The normalized spacial score (nSPS) is 13.3. The number of imidazole rings is 1. The summed E-state index contributed by atoms with van der Waals surface area (Å²) in [4.78, 5) is 7.23. The number of hydrogen-bond donors (Lipinski definition) is 0. The molecule has 2 aromatic heterocycles. The van der Waals surface area contributed by atoms with Gasteiger partial charge in [-0.2, -0.15) is 0 Å². The number of ether oxygens (including phenoxy) is 1. The van der Waals surface area contributed by atoms with Gasteiger partial charge in [-0.1, -0.05) is 20.8 Å². The van der Waals surface area contributed by atoms with Crippen molar-refractivity contribution in [2.75, 3.05) is 11.4 Å². The van der Waals surface area contributed by atoms with Gasteiger partial charge in [0.15, 0.2) is 0 Å². The standard InChI is InChI=1S/C47H46N4O.Pt/c1-46(2,3)35-21-23-37(24-22-35)50-32-51(42-20-11-10-19-41(42)50)38-17-12-18-39(30-38)52-44-31-43-34(28-40(44)33-14-8-7-9-15-33)16-13-27-49(43)45-29-36(25-26-48-45)47(4,5)6;/h7-12,14-15,17-26,28-31H,13,16,27H2,1-6H3;. The maximum atomic E-state index is 6.97. The number of benzene rings is 5. The number of fused-ring (bicyclic) bond motifs is 2. The van der Waals surface area contributed by atoms with Crippen LogP contribution >= 0.6 is 0 Å². The Morgan fingerprint density at radius 2 is 1.32 bits per heavy atom. The fraction of sp³-hybridized carbons (Fsp3) is 0.234. The van der Waals surface area contributed by atoms with Crippen molar-refractivity contribution in [3.8, 4) is 34.0 Å². The fourth-order valence-electron chi connectivity index (χ4n) is 7.34. The molecule has 0 spiro atoms. The van der Waals surface area contributed by atoms with Gasteiger partial charge in [0, 0.05) is 6.20 Å². The van der Waals surface area contributed by atoms with Gasteiger partial charge >= 0.3 is 281 Å². The molecular formula is C47H46N4OPt. The van der Waals surface area contributed by atoms with Gasteiger partial charge in [0.1, 0.15) is 0 Å². The van der Waals surface area contributed by atoms with Crippen LogP contribution in [0, 0.1) is 3.80 Å². The van der Waals surface area contributed by atoms with Crippen molar-refractivity contribution in [1.82, 2.24) is 14.1 Å². The Morgan fingerprint density at radius 3 is 2.02 bits per heavy atom. The third-order valence-corrected chi connectivity index (χ3v) is 11.3. The van der Waals surface area contributed by atoms with Crippen LogP contribution in [0.4, 0.5) is 11.5 Å². The van der Waals surface area contributed by atoms with Gasteiger partial charge < -0.3 is 0 Å². The number of aryl methyl sites for hydroxylation is 1. The van der Waals surface area contributed by atoms with Crippen molar-refractivity contribution in [2.45, 2.75) is 65.2 Å².